The lowest BCUT2D eigenvalue weighted by Gasteiger charge is -2.15. The number of thioether (sulfide) groups is 1. The fourth-order valence-corrected chi connectivity index (χ4v) is 3.82. The van der Waals surface area contributed by atoms with E-state index in [1.54, 1.807) is 13.0 Å². The lowest BCUT2D eigenvalue weighted by molar-refractivity contribution is -0.115. The summed E-state index contributed by atoms with van der Waals surface area (Å²) in [7, 11) is 0. The van der Waals surface area contributed by atoms with Gasteiger partial charge in [-0.15, -0.1) is 0 Å². The maximum atomic E-state index is 12.7. The number of nitrogens with zero attached hydrogens (tertiary/aromatic N) is 3. The fraction of sp³-hybridized carbons (Fsp3) is 0.368. The number of carbonyl (C=O) groups is 1. The molecule has 0 radical (unpaired) electrons. The molecule has 4 rings (SSSR count). The maximum absolute atomic E-state index is 12.7. The first kappa shape index (κ1) is 17.0. The van der Waals surface area contributed by atoms with Crippen LogP contribution in [0.3, 0.4) is 0 Å². The second-order valence-electron chi connectivity index (χ2n) is 6.51. The highest BCUT2D eigenvalue weighted by Crippen LogP contribution is 2.40. The summed E-state index contributed by atoms with van der Waals surface area (Å²) in [5.41, 5.74) is 0.939. The van der Waals surface area contributed by atoms with Gasteiger partial charge in [0.15, 0.2) is 5.82 Å². The lowest BCUT2D eigenvalue weighted by Crippen LogP contribution is -2.25. The number of fused-ring (bicyclic) bond motifs is 1. The Labute approximate surface area is 155 Å². The molecule has 1 N–H and O–H groups in total. The lowest BCUT2D eigenvalue weighted by atomic mass is 10.2. The summed E-state index contributed by atoms with van der Waals surface area (Å²) < 4.78 is 5.01. The summed E-state index contributed by atoms with van der Waals surface area (Å²) >= 11 is 1.49. The molecular weight excluding hydrogens is 348 g/mol. The first-order valence-corrected chi connectivity index (χ1v) is 9.69. The average Bonchev–Trinajstić information content (AvgIpc) is 3.42. The zero-order valence-electron chi connectivity index (χ0n) is 14.7. The number of nitrogens with one attached hydrogen (secondary N) is 1. The molecule has 3 aromatic rings. The van der Waals surface area contributed by atoms with Crippen LogP contribution in [0, 0.1) is 6.92 Å². The van der Waals surface area contributed by atoms with Crippen molar-refractivity contribution in [2.45, 2.75) is 49.3 Å². The molecule has 1 atom stereocenters. The summed E-state index contributed by atoms with van der Waals surface area (Å²) in [6.07, 6.45) is 2.97. The van der Waals surface area contributed by atoms with Gasteiger partial charge in [-0.1, -0.05) is 42.0 Å². The predicted molar refractivity (Wildman–Crippen MR) is 101 cm³/mol. The smallest absolute Gasteiger partial charge is 0.239 e. The Morgan fingerprint density at radius 1 is 1.35 bits per heavy atom. The van der Waals surface area contributed by atoms with E-state index in [0.29, 0.717) is 23.9 Å². The third kappa shape index (κ3) is 3.58. The van der Waals surface area contributed by atoms with Crippen molar-refractivity contribution >= 4 is 34.4 Å². The molecule has 1 aliphatic carbocycles. The number of anilines is 1. The van der Waals surface area contributed by atoms with E-state index in [1.807, 2.05) is 31.2 Å². The predicted octanol–water partition coefficient (Wildman–Crippen LogP) is 4.31. The van der Waals surface area contributed by atoms with Gasteiger partial charge in [0.1, 0.15) is 16.6 Å². The largest absolute Gasteiger partial charge is 0.360 e. The molecule has 1 aromatic carbocycles. The number of aryl methyl sites for hydroxylation is 1. The standard InChI is InChI=1S/C19H20N4O2S/c1-3-15(18(24)21-16-10-11(2)25-23-16)26-19-13-6-4-5-7-14(13)20-17(22-19)12-8-9-12/h4-7,10,12,15H,3,8-9H2,1-2H3,(H,21,23,24)/t15-/m1/s1. The molecular formula is C19H20N4O2S. The van der Waals surface area contributed by atoms with Gasteiger partial charge in [-0.2, -0.15) is 0 Å². The number of hydrogen-bond acceptors (Lipinski definition) is 6. The Hall–Kier alpha value is -2.41. The van der Waals surface area contributed by atoms with Crippen LogP contribution in [0.1, 0.15) is 43.7 Å². The SMILES string of the molecule is CC[C@@H](Sc1nc(C2CC2)nc2ccccc12)C(=O)Nc1cc(C)on1. The highest BCUT2D eigenvalue weighted by atomic mass is 32.2. The number of aromatic nitrogens is 3. The van der Waals surface area contributed by atoms with Gasteiger partial charge in [0, 0.05) is 17.4 Å². The van der Waals surface area contributed by atoms with E-state index in [4.69, 9.17) is 14.5 Å². The quantitative estimate of drug-likeness (QED) is 0.516. The minimum absolute atomic E-state index is 0.0959. The minimum Gasteiger partial charge on any atom is -0.360 e. The molecule has 1 fully saturated rings. The van der Waals surface area contributed by atoms with Crippen LogP contribution in [0.5, 0.6) is 0 Å². The Morgan fingerprint density at radius 3 is 2.85 bits per heavy atom. The third-order valence-electron chi connectivity index (χ3n) is 4.32. The number of para-hydroxylation sites is 1. The van der Waals surface area contributed by atoms with Gasteiger partial charge in [0.2, 0.25) is 5.91 Å². The van der Waals surface area contributed by atoms with Crippen molar-refractivity contribution in [2.75, 3.05) is 5.32 Å². The highest BCUT2D eigenvalue weighted by Gasteiger charge is 2.28. The average molecular weight is 368 g/mol. The van der Waals surface area contributed by atoms with E-state index in [-0.39, 0.29) is 11.2 Å². The Morgan fingerprint density at radius 2 is 2.15 bits per heavy atom. The monoisotopic (exact) mass is 368 g/mol. The van der Waals surface area contributed by atoms with E-state index in [1.165, 1.54) is 11.8 Å². The molecule has 0 saturated heterocycles. The molecule has 0 unspecified atom stereocenters. The first-order valence-electron chi connectivity index (χ1n) is 8.81. The summed E-state index contributed by atoms with van der Waals surface area (Å²) in [6.45, 7) is 3.79. The number of amides is 1. The Bertz CT molecular complexity index is 952. The van der Waals surface area contributed by atoms with Gasteiger partial charge in [-0.05, 0) is 32.3 Å². The van der Waals surface area contributed by atoms with Crippen LogP contribution in [0.25, 0.3) is 10.9 Å². The summed E-state index contributed by atoms with van der Waals surface area (Å²) in [5, 5.41) is 8.25. The highest BCUT2D eigenvalue weighted by molar-refractivity contribution is 8.00. The van der Waals surface area contributed by atoms with E-state index < -0.39 is 0 Å². The first-order chi connectivity index (χ1) is 12.6. The van der Waals surface area contributed by atoms with Crippen molar-refractivity contribution in [3.63, 3.8) is 0 Å². The zero-order valence-corrected chi connectivity index (χ0v) is 15.5. The normalized spacial score (nSPS) is 15.2. The molecule has 134 valence electrons. The minimum atomic E-state index is -0.266. The van der Waals surface area contributed by atoms with E-state index in [9.17, 15) is 4.79 Å². The van der Waals surface area contributed by atoms with Crippen LogP contribution in [0.15, 0.2) is 39.9 Å². The molecule has 1 amide bonds. The van der Waals surface area contributed by atoms with Crippen molar-refractivity contribution in [1.82, 2.24) is 15.1 Å². The molecule has 1 saturated carbocycles. The topological polar surface area (TPSA) is 80.9 Å². The molecule has 2 heterocycles. The van der Waals surface area contributed by atoms with Gasteiger partial charge in [-0.25, -0.2) is 9.97 Å². The van der Waals surface area contributed by atoms with Crippen molar-refractivity contribution < 1.29 is 9.32 Å². The van der Waals surface area contributed by atoms with E-state index >= 15 is 0 Å². The van der Waals surface area contributed by atoms with Crippen LogP contribution in [-0.4, -0.2) is 26.3 Å². The maximum Gasteiger partial charge on any atom is 0.239 e. The summed E-state index contributed by atoms with van der Waals surface area (Å²) in [5.74, 6) is 2.37. The van der Waals surface area contributed by atoms with Gasteiger partial charge in [0.25, 0.3) is 0 Å². The van der Waals surface area contributed by atoms with Crippen LogP contribution < -0.4 is 5.32 Å². The summed E-state index contributed by atoms with van der Waals surface area (Å²) in [6, 6.07) is 9.69. The second-order valence-corrected chi connectivity index (χ2v) is 7.70. The zero-order chi connectivity index (χ0) is 18.1. The van der Waals surface area contributed by atoms with Crippen LogP contribution >= 0.6 is 11.8 Å². The fourth-order valence-electron chi connectivity index (χ4n) is 2.77. The summed E-state index contributed by atoms with van der Waals surface area (Å²) in [4.78, 5) is 22.1. The third-order valence-corrected chi connectivity index (χ3v) is 5.69. The number of hydrogen-bond donors (Lipinski definition) is 1. The molecule has 0 bridgehead atoms. The van der Waals surface area contributed by atoms with Crippen molar-refractivity contribution in [3.8, 4) is 0 Å². The molecule has 6 nitrogen and oxygen atoms in total. The van der Waals surface area contributed by atoms with Crippen LogP contribution in [0.2, 0.25) is 0 Å². The van der Waals surface area contributed by atoms with Crippen molar-refractivity contribution in [3.05, 3.63) is 41.9 Å². The molecule has 7 heteroatoms. The molecule has 1 aliphatic rings. The molecule has 2 aromatic heterocycles. The molecule has 0 spiro atoms. The van der Waals surface area contributed by atoms with E-state index in [2.05, 4.69) is 10.5 Å². The Balaban J connectivity index is 1.60. The van der Waals surface area contributed by atoms with Gasteiger partial charge in [-0.3, -0.25) is 4.79 Å². The van der Waals surface area contributed by atoms with Crippen molar-refractivity contribution in [1.29, 1.82) is 0 Å². The number of rotatable bonds is 6. The number of benzene rings is 1. The van der Waals surface area contributed by atoms with Gasteiger partial charge >= 0.3 is 0 Å². The van der Waals surface area contributed by atoms with Gasteiger partial charge in [0.05, 0.1) is 10.8 Å². The Kier molecular flexibility index (Phi) is 4.63. The van der Waals surface area contributed by atoms with Gasteiger partial charge < -0.3 is 9.84 Å². The second kappa shape index (κ2) is 7.07. The van der Waals surface area contributed by atoms with Crippen molar-refractivity contribution in [2.24, 2.45) is 0 Å². The van der Waals surface area contributed by atoms with Crippen LogP contribution in [0.4, 0.5) is 5.82 Å². The van der Waals surface area contributed by atoms with Crippen LogP contribution in [-0.2, 0) is 4.79 Å². The molecule has 0 aliphatic heterocycles. The number of carbonyl (C=O) groups excluding carboxylic acids is 1. The molecule has 26 heavy (non-hydrogen) atoms. The van der Waals surface area contributed by atoms with E-state index in [0.717, 1.165) is 34.6 Å².